The van der Waals surface area contributed by atoms with Crippen molar-refractivity contribution in [3.8, 4) is 5.75 Å². The molecule has 7 nitrogen and oxygen atoms in total. The van der Waals surface area contributed by atoms with Crippen LogP contribution in [0.2, 0.25) is 0 Å². The van der Waals surface area contributed by atoms with Gasteiger partial charge in [0.15, 0.2) is 0 Å². The number of amides is 1. The van der Waals surface area contributed by atoms with E-state index in [0.717, 1.165) is 22.9 Å². The van der Waals surface area contributed by atoms with Gasteiger partial charge in [0.1, 0.15) is 16.2 Å². The number of benzene rings is 2. The van der Waals surface area contributed by atoms with E-state index >= 15 is 0 Å². The van der Waals surface area contributed by atoms with Crippen LogP contribution in [-0.4, -0.2) is 44.1 Å². The van der Waals surface area contributed by atoms with E-state index in [1.54, 1.807) is 24.3 Å². The van der Waals surface area contributed by atoms with Crippen molar-refractivity contribution >= 4 is 26.9 Å². The lowest BCUT2D eigenvalue weighted by Crippen LogP contribution is -2.49. The Hall–Kier alpha value is -3.05. The van der Waals surface area contributed by atoms with Gasteiger partial charge < -0.3 is 14.5 Å². The van der Waals surface area contributed by atoms with Gasteiger partial charge in [-0.25, -0.2) is 8.42 Å². The first-order valence-electron chi connectivity index (χ1n) is 10.3. The number of ether oxygens (including phenoxy) is 1. The lowest BCUT2D eigenvalue weighted by atomic mass is 10.0. The van der Waals surface area contributed by atoms with Crippen molar-refractivity contribution in [2.24, 2.45) is 0 Å². The van der Waals surface area contributed by atoms with Gasteiger partial charge in [0.25, 0.3) is 5.91 Å². The van der Waals surface area contributed by atoms with Gasteiger partial charge in [0.2, 0.25) is 10.0 Å². The number of piperidine rings is 1. The zero-order chi connectivity index (χ0) is 23.6. The van der Waals surface area contributed by atoms with Gasteiger partial charge >= 0.3 is 6.36 Å². The zero-order valence-electron chi connectivity index (χ0n) is 17.3. The molecule has 176 valence electrons. The molecule has 0 saturated carbocycles. The largest absolute Gasteiger partial charge is 0.573 e. The minimum atomic E-state index is -5.03. The fourth-order valence-corrected chi connectivity index (χ4v) is 5.80. The minimum Gasteiger partial charge on any atom is -0.464 e. The average molecular weight is 482 g/mol. The molecule has 33 heavy (non-hydrogen) atoms. The third-order valence-corrected chi connectivity index (χ3v) is 7.46. The molecule has 1 saturated heterocycles. The number of fused-ring (bicyclic) bond motifs is 1. The number of furan rings is 1. The molecule has 0 spiro atoms. The lowest BCUT2D eigenvalue weighted by Gasteiger charge is -2.35. The molecule has 11 heteroatoms. The van der Waals surface area contributed by atoms with Gasteiger partial charge in [0, 0.05) is 24.5 Å². The van der Waals surface area contributed by atoms with Crippen LogP contribution in [-0.2, 0) is 10.0 Å². The predicted octanol–water partition coefficient (Wildman–Crippen LogP) is 4.30. The summed E-state index contributed by atoms with van der Waals surface area (Å²) in [4.78, 5) is 12.2. The van der Waals surface area contributed by atoms with Gasteiger partial charge in [-0.3, -0.25) is 4.79 Å². The summed E-state index contributed by atoms with van der Waals surface area (Å²) in [6.45, 7) is 0.134. The second kappa shape index (κ2) is 9.06. The number of rotatable bonds is 6. The molecule has 2 aromatic carbocycles. The summed E-state index contributed by atoms with van der Waals surface area (Å²) >= 11 is 0. The molecule has 1 N–H and O–H groups in total. The summed E-state index contributed by atoms with van der Waals surface area (Å²) in [7, 11) is -4.31. The van der Waals surface area contributed by atoms with E-state index in [2.05, 4.69) is 10.1 Å². The summed E-state index contributed by atoms with van der Waals surface area (Å²) in [5.41, 5.74) is 0.932. The van der Waals surface area contributed by atoms with E-state index in [0.29, 0.717) is 29.4 Å². The molecule has 0 bridgehead atoms. The maximum Gasteiger partial charge on any atom is 0.573 e. The first kappa shape index (κ1) is 23.1. The molecule has 1 aliphatic rings. The van der Waals surface area contributed by atoms with E-state index in [9.17, 15) is 26.4 Å². The van der Waals surface area contributed by atoms with Crippen molar-refractivity contribution < 1.29 is 35.5 Å². The van der Waals surface area contributed by atoms with Crippen LogP contribution in [0.5, 0.6) is 5.75 Å². The Labute approximate surface area is 188 Å². The van der Waals surface area contributed by atoms with Crippen LogP contribution in [0.3, 0.4) is 0 Å². The highest BCUT2D eigenvalue weighted by Gasteiger charge is 2.38. The fraction of sp³-hybridized carbons (Fsp3) is 0.318. The number of para-hydroxylation sites is 1. The predicted molar refractivity (Wildman–Crippen MR) is 113 cm³/mol. The number of nitrogens with one attached hydrogen (secondary N) is 1. The van der Waals surface area contributed by atoms with Gasteiger partial charge in [-0.1, -0.05) is 24.6 Å². The molecule has 1 aliphatic heterocycles. The molecule has 0 aliphatic carbocycles. The number of sulfonamides is 1. The first-order valence-corrected chi connectivity index (χ1v) is 11.7. The lowest BCUT2D eigenvalue weighted by molar-refractivity contribution is -0.275. The van der Waals surface area contributed by atoms with Gasteiger partial charge in [-0.2, -0.15) is 4.31 Å². The highest BCUT2D eigenvalue weighted by Crippen LogP contribution is 2.33. The van der Waals surface area contributed by atoms with Crippen molar-refractivity contribution in [3.63, 3.8) is 0 Å². The second-order valence-electron chi connectivity index (χ2n) is 7.61. The summed E-state index contributed by atoms with van der Waals surface area (Å²) in [5.74, 6) is -1.18. The third-order valence-electron chi connectivity index (χ3n) is 5.47. The van der Waals surface area contributed by atoms with E-state index in [1.807, 2.05) is 0 Å². The monoisotopic (exact) mass is 482 g/mol. The topological polar surface area (TPSA) is 88.9 Å². The zero-order valence-corrected chi connectivity index (χ0v) is 18.2. The minimum absolute atomic E-state index is 0.00853. The quantitative estimate of drug-likeness (QED) is 0.566. The Morgan fingerprint density at radius 3 is 2.70 bits per heavy atom. The molecule has 1 amide bonds. The van der Waals surface area contributed by atoms with Crippen LogP contribution in [0, 0.1) is 0 Å². The third kappa shape index (κ3) is 4.98. The number of hydrogen-bond acceptors (Lipinski definition) is 5. The number of carbonyl (C=O) groups excluding carboxylic acids is 1. The number of carbonyl (C=O) groups is 1. The van der Waals surface area contributed by atoms with Crippen LogP contribution in [0.25, 0.3) is 11.0 Å². The van der Waals surface area contributed by atoms with Crippen molar-refractivity contribution in [1.29, 1.82) is 0 Å². The number of nitrogens with zero attached hydrogens (tertiary/aromatic N) is 1. The molecule has 1 fully saturated rings. The molecule has 3 aromatic rings. The SMILES string of the molecule is O=C(NCC1CCCCN1S(=O)(=O)c1ccccc1OC(F)(F)F)c1cccc2occc12. The Morgan fingerprint density at radius 2 is 1.91 bits per heavy atom. The van der Waals surface area contributed by atoms with Crippen LogP contribution in [0.1, 0.15) is 29.6 Å². The molecule has 1 unspecified atom stereocenters. The number of hydrogen-bond donors (Lipinski definition) is 1. The molecule has 0 radical (unpaired) electrons. The summed E-state index contributed by atoms with van der Waals surface area (Å²) < 4.78 is 75.4. The summed E-state index contributed by atoms with van der Waals surface area (Å²) in [5, 5.41) is 3.39. The number of alkyl halides is 3. The second-order valence-corrected chi connectivity index (χ2v) is 9.47. The van der Waals surface area contributed by atoms with Gasteiger partial charge in [0.05, 0.1) is 11.8 Å². The maximum atomic E-state index is 13.3. The highest BCUT2D eigenvalue weighted by molar-refractivity contribution is 7.89. The molecule has 4 rings (SSSR count). The van der Waals surface area contributed by atoms with E-state index in [-0.39, 0.29) is 13.1 Å². The summed E-state index contributed by atoms with van der Waals surface area (Å²) in [6.07, 6.45) is -1.82. The summed E-state index contributed by atoms with van der Waals surface area (Å²) in [6, 6.07) is 10.7. The Kier molecular flexibility index (Phi) is 6.35. The van der Waals surface area contributed by atoms with Crippen LogP contribution >= 0.6 is 0 Å². The number of halogens is 3. The van der Waals surface area contributed by atoms with Gasteiger partial charge in [-0.05, 0) is 43.2 Å². The molecule has 2 heterocycles. The average Bonchev–Trinajstić information content (AvgIpc) is 3.26. The van der Waals surface area contributed by atoms with Gasteiger partial charge in [-0.15, -0.1) is 13.2 Å². The molecular weight excluding hydrogens is 461 g/mol. The fourth-order valence-electron chi connectivity index (χ4n) is 3.99. The van der Waals surface area contributed by atoms with Crippen molar-refractivity contribution in [3.05, 3.63) is 60.4 Å². The Morgan fingerprint density at radius 1 is 1.12 bits per heavy atom. The van der Waals surface area contributed by atoms with Crippen molar-refractivity contribution in [2.75, 3.05) is 13.1 Å². The molecular formula is C22H21F3N2O5S. The van der Waals surface area contributed by atoms with E-state index in [1.165, 1.54) is 18.4 Å². The van der Waals surface area contributed by atoms with Crippen LogP contribution in [0.4, 0.5) is 13.2 Å². The van der Waals surface area contributed by atoms with Crippen molar-refractivity contribution in [2.45, 2.75) is 36.6 Å². The molecule has 1 aromatic heterocycles. The maximum absolute atomic E-state index is 13.3. The Bertz CT molecular complexity index is 1260. The standard InChI is InChI=1S/C22H21F3N2O5S/c23-22(24,25)32-19-8-1-2-10-20(19)33(29,30)27-12-4-3-6-15(27)14-26-21(28)17-7-5-9-18-16(17)11-13-31-18/h1-2,5,7-11,13,15H,3-4,6,12,14H2,(H,26,28). The molecule has 1 atom stereocenters. The van der Waals surface area contributed by atoms with Crippen molar-refractivity contribution in [1.82, 2.24) is 9.62 Å². The Balaban J connectivity index is 1.55. The first-order chi connectivity index (χ1) is 15.7. The van der Waals surface area contributed by atoms with Crippen LogP contribution in [0.15, 0.2) is 64.1 Å². The van der Waals surface area contributed by atoms with Crippen LogP contribution < -0.4 is 10.1 Å². The normalized spacial score (nSPS) is 17.7. The van der Waals surface area contributed by atoms with E-state index in [4.69, 9.17) is 4.42 Å². The smallest absolute Gasteiger partial charge is 0.464 e. The highest BCUT2D eigenvalue weighted by atomic mass is 32.2. The van der Waals surface area contributed by atoms with E-state index < -0.39 is 39.0 Å².